The van der Waals surface area contributed by atoms with Crippen molar-refractivity contribution >= 4 is 11.9 Å². The molecule has 1 heterocycles. The van der Waals surface area contributed by atoms with Crippen molar-refractivity contribution in [3.8, 4) is 5.75 Å². The van der Waals surface area contributed by atoms with E-state index in [-0.39, 0.29) is 18.2 Å². The number of halogens is 3. The van der Waals surface area contributed by atoms with Crippen molar-refractivity contribution in [2.24, 2.45) is 0 Å². The normalized spacial score (nSPS) is 19.8. The molecule has 0 radical (unpaired) electrons. The molecule has 1 amide bonds. The first-order chi connectivity index (χ1) is 13.2. The number of hydrogen-bond donors (Lipinski definition) is 1. The molecule has 0 saturated heterocycles. The molecule has 1 aliphatic heterocycles. The Morgan fingerprint density at radius 3 is 2.29 bits per heavy atom. The van der Waals surface area contributed by atoms with Crippen LogP contribution in [0.4, 0.5) is 13.2 Å². The van der Waals surface area contributed by atoms with Crippen molar-refractivity contribution in [3.63, 3.8) is 0 Å². The molecule has 1 N–H and O–H groups in total. The smallest absolute Gasteiger partial charge is 0.479 e. The van der Waals surface area contributed by atoms with Crippen molar-refractivity contribution in [3.05, 3.63) is 65.2 Å². The van der Waals surface area contributed by atoms with Gasteiger partial charge in [0.05, 0.1) is 5.41 Å². The summed E-state index contributed by atoms with van der Waals surface area (Å²) in [5, 5.41) is 9.66. The average Bonchev–Trinajstić information content (AvgIpc) is 3.34. The fourth-order valence-corrected chi connectivity index (χ4v) is 3.84. The third kappa shape index (κ3) is 3.08. The summed E-state index contributed by atoms with van der Waals surface area (Å²) in [7, 11) is 0. The van der Waals surface area contributed by atoms with Crippen LogP contribution in [0, 0.1) is 0 Å². The van der Waals surface area contributed by atoms with Gasteiger partial charge in [0.2, 0.25) is 5.91 Å². The van der Waals surface area contributed by atoms with E-state index in [2.05, 4.69) is 4.74 Å². The molecule has 4 rings (SSSR count). The summed E-state index contributed by atoms with van der Waals surface area (Å²) in [4.78, 5) is 26.4. The number of carbonyl (C=O) groups excluding carboxylic acids is 1. The number of nitrogens with zero attached hydrogens (tertiary/aromatic N) is 1. The molecule has 0 aromatic heterocycles. The Balaban J connectivity index is 1.60. The lowest BCUT2D eigenvalue weighted by Crippen LogP contribution is -2.40. The van der Waals surface area contributed by atoms with E-state index < -0.39 is 23.8 Å². The van der Waals surface area contributed by atoms with Crippen molar-refractivity contribution in [1.82, 2.24) is 4.90 Å². The number of carbonyl (C=O) groups is 2. The number of alkyl halides is 3. The fraction of sp³-hybridized carbons (Fsp3) is 0.300. The third-order valence-electron chi connectivity index (χ3n) is 5.30. The van der Waals surface area contributed by atoms with Crippen LogP contribution in [-0.4, -0.2) is 28.2 Å². The molecular weight excluding hydrogens is 375 g/mol. The molecule has 0 bridgehead atoms. The summed E-state index contributed by atoms with van der Waals surface area (Å²) >= 11 is 0. The Hall–Kier alpha value is -3.03. The Morgan fingerprint density at radius 2 is 1.71 bits per heavy atom. The van der Waals surface area contributed by atoms with Crippen LogP contribution in [0.2, 0.25) is 0 Å². The first-order valence-corrected chi connectivity index (χ1v) is 8.69. The van der Waals surface area contributed by atoms with Gasteiger partial charge in [-0.1, -0.05) is 36.4 Å². The third-order valence-corrected chi connectivity index (χ3v) is 5.30. The number of amides is 1. The number of benzene rings is 2. The van der Waals surface area contributed by atoms with E-state index in [1.54, 1.807) is 24.3 Å². The van der Waals surface area contributed by atoms with Crippen LogP contribution < -0.4 is 4.74 Å². The molecule has 146 valence electrons. The van der Waals surface area contributed by atoms with Gasteiger partial charge in [-0.05, 0) is 41.7 Å². The minimum Gasteiger partial charge on any atom is -0.479 e. The molecular formula is C20H16F3NO4. The van der Waals surface area contributed by atoms with Gasteiger partial charge in [-0.15, -0.1) is 13.2 Å². The lowest BCUT2D eigenvalue weighted by atomic mass is 9.93. The summed E-state index contributed by atoms with van der Waals surface area (Å²) < 4.78 is 40.9. The van der Waals surface area contributed by atoms with Gasteiger partial charge in [-0.25, -0.2) is 4.79 Å². The van der Waals surface area contributed by atoms with Gasteiger partial charge in [-0.3, -0.25) is 4.79 Å². The minimum absolute atomic E-state index is 0.197. The molecule has 1 aliphatic carbocycles. The predicted molar refractivity (Wildman–Crippen MR) is 91.4 cm³/mol. The highest BCUT2D eigenvalue weighted by atomic mass is 19.4. The van der Waals surface area contributed by atoms with Crippen LogP contribution in [0.15, 0.2) is 48.5 Å². The van der Waals surface area contributed by atoms with E-state index in [0.717, 1.165) is 5.56 Å². The van der Waals surface area contributed by atoms with Gasteiger partial charge in [0.15, 0.2) is 6.04 Å². The maximum atomic E-state index is 13.3. The molecule has 2 aromatic rings. The lowest BCUT2D eigenvalue weighted by molar-refractivity contribution is -0.274. The van der Waals surface area contributed by atoms with Gasteiger partial charge in [0.25, 0.3) is 0 Å². The highest BCUT2D eigenvalue weighted by Crippen LogP contribution is 2.52. The summed E-state index contributed by atoms with van der Waals surface area (Å²) in [6.07, 6.45) is -3.75. The first kappa shape index (κ1) is 18.3. The molecule has 1 atom stereocenters. The standard InChI is InChI=1S/C20H16F3NO4/c21-20(22,23)28-14-7-5-13(6-8-14)19(9-10-19)18(27)24-11-12-3-1-2-4-15(12)16(24)17(25)26/h1-8,16H,9-11H2,(H,25,26). The van der Waals surface area contributed by atoms with Crippen LogP contribution in [0.1, 0.15) is 35.6 Å². The zero-order valence-corrected chi connectivity index (χ0v) is 14.6. The van der Waals surface area contributed by atoms with Crippen LogP contribution in [0.3, 0.4) is 0 Å². The van der Waals surface area contributed by atoms with Crippen LogP contribution in [0.25, 0.3) is 0 Å². The molecule has 2 aromatic carbocycles. The van der Waals surface area contributed by atoms with Crippen molar-refractivity contribution in [1.29, 1.82) is 0 Å². The molecule has 0 spiro atoms. The second-order valence-electron chi connectivity index (χ2n) is 7.03. The molecule has 28 heavy (non-hydrogen) atoms. The monoisotopic (exact) mass is 391 g/mol. The van der Waals surface area contributed by atoms with Crippen LogP contribution in [0.5, 0.6) is 5.75 Å². The number of carboxylic acid groups (broad SMARTS) is 1. The average molecular weight is 391 g/mol. The van der Waals surface area contributed by atoms with E-state index in [1.807, 2.05) is 0 Å². The molecule has 1 saturated carbocycles. The number of fused-ring (bicyclic) bond motifs is 1. The van der Waals surface area contributed by atoms with E-state index in [1.165, 1.54) is 29.2 Å². The summed E-state index contributed by atoms with van der Waals surface area (Å²) in [6, 6.07) is 11.2. The number of aliphatic carboxylic acids is 1. The highest BCUT2D eigenvalue weighted by molar-refractivity contribution is 5.95. The Morgan fingerprint density at radius 1 is 1.07 bits per heavy atom. The van der Waals surface area contributed by atoms with Crippen LogP contribution >= 0.6 is 0 Å². The maximum absolute atomic E-state index is 13.3. The van der Waals surface area contributed by atoms with Gasteiger partial charge < -0.3 is 14.7 Å². The summed E-state index contributed by atoms with van der Waals surface area (Å²) in [5.41, 5.74) is 1.04. The highest BCUT2D eigenvalue weighted by Gasteiger charge is 2.55. The molecule has 5 nitrogen and oxygen atoms in total. The Kier molecular flexibility index (Phi) is 4.10. The van der Waals surface area contributed by atoms with E-state index in [0.29, 0.717) is 24.0 Å². The van der Waals surface area contributed by atoms with Crippen LogP contribution in [-0.2, 0) is 21.5 Å². The Bertz CT molecular complexity index is 935. The number of rotatable bonds is 4. The quantitative estimate of drug-likeness (QED) is 0.861. The molecule has 2 aliphatic rings. The predicted octanol–water partition coefficient (Wildman–Crippen LogP) is 3.78. The first-order valence-electron chi connectivity index (χ1n) is 8.69. The SMILES string of the molecule is O=C(O)C1c2ccccc2CN1C(=O)C1(c2ccc(OC(F)(F)F)cc2)CC1. The van der Waals surface area contributed by atoms with Crippen molar-refractivity contribution in [2.75, 3.05) is 0 Å². The van der Waals surface area contributed by atoms with Gasteiger partial charge in [0.1, 0.15) is 5.75 Å². The fourth-order valence-electron chi connectivity index (χ4n) is 3.84. The minimum atomic E-state index is -4.79. The summed E-state index contributed by atoms with van der Waals surface area (Å²) in [5.74, 6) is -1.79. The van der Waals surface area contributed by atoms with Crippen molar-refractivity contribution < 1.29 is 32.6 Å². The molecule has 8 heteroatoms. The van der Waals surface area contributed by atoms with E-state index in [9.17, 15) is 27.9 Å². The second-order valence-corrected chi connectivity index (χ2v) is 7.03. The number of hydrogen-bond acceptors (Lipinski definition) is 3. The number of carboxylic acids is 1. The second kappa shape index (κ2) is 6.25. The molecule has 1 fully saturated rings. The van der Waals surface area contributed by atoms with Gasteiger partial charge in [-0.2, -0.15) is 0 Å². The maximum Gasteiger partial charge on any atom is 0.573 e. The number of ether oxygens (including phenoxy) is 1. The Labute approximate surface area is 158 Å². The molecule has 1 unspecified atom stereocenters. The zero-order valence-electron chi connectivity index (χ0n) is 14.6. The van der Waals surface area contributed by atoms with E-state index >= 15 is 0 Å². The zero-order chi connectivity index (χ0) is 20.1. The summed E-state index contributed by atoms with van der Waals surface area (Å²) in [6.45, 7) is 0.197. The topological polar surface area (TPSA) is 66.8 Å². The van der Waals surface area contributed by atoms with E-state index in [4.69, 9.17) is 0 Å². The van der Waals surface area contributed by atoms with Crippen molar-refractivity contribution in [2.45, 2.75) is 37.2 Å². The largest absolute Gasteiger partial charge is 0.573 e. The van der Waals surface area contributed by atoms with Gasteiger partial charge >= 0.3 is 12.3 Å². The lowest BCUT2D eigenvalue weighted by Gasteiger charge is -2.27. The van der Waals surface area contributed by atoms with Gasteiger partial charge in [0, 0.05) is 6.54 Å².